The van der Waals surface area contributed by atoms with Crippen molar-refractivity contribution in [2.24, 2.45) is 0 Å². The second-order valence-corrected chi connectivity index (χ2v) is 10.1. The number of carbonyl (C=O) groups excluding carboxylic acids is 2. The Morgan fingerprint density at radius 1 is 0.800 bits per heavy atom. The lowest BCUT2D eigenvalue weighted by Gasteiger charge is -2.38. The lowest BCUT2D eigenvalue weighted by molar-refractivity contribution is -0.124. The number of piperazine rings is 1. The number of anilines is 3. The molecular weight excluding hydrogens is 463 g/mol. The highest BCUT2D eigenvalue weighted by Gasteiger charge is 2.61. The largest absolute Gasteiger partial charge is 0.369 e. The fraction of sp³-hybridized carbons (Fsp3) is 0.259. The number of amides is 2. The quantitative estimate of drug-likeness (QED) is 0.558. The van der Waals surface area contributed by atoms with Crippen molar-refractivity contribution < 1.29 is 14.0 Å². The molecule has 35 heavy (non-hydrogen) atoms. The van der Waals surface area contributed by atoms with Gasteiger partial charge in [-0.25, -0.2) is 4.39 Å². The topological polar surface area (TPSA) is 47.1 Å². The van der Waals surface area contributed by atoms with E-state index < -0.39 is 4.87 Å². The van der Waals surface area contributed by atoms with E-state index >= 15 is 0 Å². The van der Waals surface area contributed by atoms with Crippen molar-refractivity contribution in [1.29, 1.82) is 0 Å². The number of para-hydroxylation sites is 2. The van der Waals surface area contributed by atoms with Gasteiger partial charge < -0.3 is 4.90 Å². The van der Waals surface area contributed by atoms with Crippen molar-refractivity contribution in [3.8, 4) is 0 Å². The zero-order valence-corrected chi connectivity index (χ0v) is 20.0. The number of hydrogen-bond donors (Lipinski definition) is 0. The number of carbonyl (C=O) groups is 2. The summed E-state index contributed by atoms with van der Waals surface area (Å²) in [5.41, 5.74) is 3.48. The summed E-state index contributed by atoms with van der Waals surface area (Å²) in [6.45, 7) is 3.62. The van der Waals surface area contributed by atoms with Gasteiger partial charge in [0.2, 0.25) is 10.8 Å². The van der Waals surface area contributed by atoms with Gasteiger partial charge in [-0.15, -0.1) is 11.8 Å². The van der Waals surface area contributed by atoms with Gasteiger partial charge in [0, 0.05) is 43.1 Å². The summed E-state index contributed by atoms with van der Waals surface area (Å²) < 4.78 is 13.3. The van der Waals surface area contributed by atoms with Crippen LogP contribution in [0.5, 0.6) is 0 Å². The summed E-state index contributed by atoms with van der Waals surface area (Å²) in [7, 11) is 0. The number of thioether (sulfide) groups is 1. The van der Waals surface area contributed by atoms with E-state index in [0.29, 0.717) is 6.67 Å². The number of fused-ring (bicyclic) bond motifs is 2. The third-order valence-electron chi connectivity index (χ3n) is 6.98. The molecule has 6 nitrogen and oxygen atoms in total. The molecule has 3 aliphatic rings. The third-order valence-corrected chi connectivity index (χ3v) is 8.37. The molecule has 1 spiro atoms. The Kier molecular flexibility index (Phi) is 5.50. The highest BCUT2D eigenvalue weighted by Crippen LogP contribution is 2.55. The van der Waals surface area contributed by atoms with Gasteiger partial charge in [0.25, 0.3) is 5.91 Å². The van der Waals surface area contributed by atoms with E-state index in [1.54, 1.807) is 4.90 Å². The van der Waals surface area contributed by atoms with Crippen molar-refractivity contribution in [1.82, 2.24) is 4.90 Å². The molecule has 3 aliphatic heterocycles. The number of rotatable bonds is 4. The van der Waals surface area contributed by atoms with Crippen LogP contribution >= 0.6 is 11.8 Å². The monoisotopic (exact) mass is 488 g/mol. The number of hydrogen-bond acceptors (Lipinski definition) is 5. The smallest absolute Gasteiger partial charge is 0.269 e. The summed E-state index contributed by atoms with van der Waals surface area (Å²) in [6, 6.07) is 23.9. The number of benzene rings is 3. The summed E-state index contributed by atoms with van der Waals surface area (Å²) in [4.78, 5) is 34.2. The molecular formula is C27H25FN4O2S. The van der Waals surface area contributed by atoms with E-state index in [9.17, 15) is 14.0 Å². The van der Waals surface area contributed by atoms with E-state index in [2.05, 4.69) is 9.80 Å². The number of halogens is 1. The highest BCUT2D eigenvalue weighted by molar-refractivity contribution is 8.02. The molecule has 6 rings (SSSR count). The first-order valence-electron chi connectivity index (χ1n) is 11.7. The van der Waals surface area contributed by atoms with Crippen molar-refractivity contribution in [2.75, 3.05) is 53.3 Å². The summed E-state index contributed by atoms with van der Waals surface area (Å²) in [6.07, 6.45) is 0. The molecule has 2 saturated heterocycles. The van der Waals surface area contributed by atoms with E-state index in [4.69, 9.17) is 0 Å². The Hall–Kier alpha value is -3.36. The van der Waals surface area contributed by atoms with Crippen LogP contribution in [0.3, 0.4) is 0 Å². The SMILES string of the molecule is O=C1CS[C@@]2(C(=O)N(CN3CCN(c4ccc(F)cc4)CC3)c3ccccc32)N1c1ccccc1. The Labute approximate surface area is 207 Å². The molecule has 178 valence electrons. The Morgan fingerprint density at radius 2 is 1.49 bits per heavy atom. The van der Waals surface area contributed by atoms with Crippen LogP contribution in [0.15, 0.2) is 78.9 Å². The molecule has 1 atom stereocenters. The Balaban J connectivity index is 1.26. The average Bonchev–Trinajstić information content (AvgIpc) is 3.36. The van der Waals surface area contributed by atoms with Gasteiger partial charge in [0.15, 0.2) is 0 Å². The second-order valence-electron chi connectivity index (χ2n) is 8.97. The lowest BCUT2D eigenvalue weighted by Crippen LogP contribution is -2.54. The van der Waals surface area contributed by atoms with Crippen LogP contribution in [0, 0.1) is 5.82 Å². The molecule has 3 aromatic rings. The van der Waals surface area contributed by atoms with Crippen LogP contribution in [0.4, 0.5) is 21.5 Å². The Bertz CT molecular complexity index is 1260. The van der Waals surface area contributed by atoms with Gasteiger partial charge in [-0.05, 0) is 42.5 Å². The Morgan fingerprint density at radius 3 is 2.23 bits per heavy atom. The van der Waals surface area contributed by atoms with Crippen LogP contribution in [0.25, 0.3) is 0 Å². The normalized spacial score (nSPS) is 22.4. The van der Waals surface area contributed by atoms with Gasteiger partial charge in [-0.2, -0.15) is 0 Å². The minimum absolute atomic E-state index is 0.0564. The minimum atomic E-state index is -1.08. The predicted octanol–water partition coefficient (Wildman–Crippen LogP) is 3.88. The maximum absolute atomic E-state index is 14.1. The van der Waals surface area contributed by atoms with Crippen LogP contribution in [-0.4, -0.2) is 55.3 Å². The van der Waals surface area contributed by atoms with E-state index in [1.807, 2.05) is 71.6 Å². The maximum atomic E-state index is 14.1. The molecule has 0 N–H and O–H groups in total. The van der Waals surface area contributed by atoms with Crippen LogP contribution in [0.1, 0.15) is 5.56 Å². The summed E-state index contributed by atoms with van der Waals surface area (Å²) in [5.74, 6) is -0.0992. The van der Waals surface area contributed by atoms with E-state index in [0.717, 1.165) is 48.8 Å². The lowest BCUT2D eigenvalue weighted by atomic mass is 10.0. The van der Waals surface area contributed by atoms with E-state index in [-0.39, 0.29) is 23.4 Å². The molecule has 0 aliphatic carbocycles. The van der Waals surface area contributed by atoms with Crippen molar-refractivity contribution >= 4 is 40.6 Å². The third kappa shape index (κ3) is 3.59. The first-order valence-corrected chi connectivity index (χ1v) is 12.7. The first-order chi connectivity index (χ1) is 17.1. The standard InChI is InChI=1S/C27H25FN4O2S/c28-20-10-12-21(13-11-20)30-16-14-29(15-17-30)19-31-24-9-5-4-8-23(24)27(26(31)34)32(25(33)18-35-27)22-6-2-1-3-7-22/h1-13H,14-19H2/t27-/m0/s1. The molecule has 2 amide bonds. The van der Waals surface area contributed by atoms with Gasteiger partial charge in [-0.1, -0.05) is 36.4 Å². The molecule has 0 bridgehead atoms. The summed E-state index contributed by atoms with van der Waals surface area (Å²) >= 11 is 1.41. The molecule has 0 aromatic heterocycles. The fourth-order valence-corrected chi connectivity index (χ4v) is 6.63. The molecule has 3 aromatic carbocycles. The van der Waals surface area contributed by atoms with Crippen LogP contribution in [-0.2, 0) is 14.5 Å². The van der Waals surface area contributed by atoms with E-state index in [1.165, 1.54) is 23.9 Å². The zero-order valence-electron chi connectivity index (χ0n) is 19.1. The molecule has 0 radical (unpaired) electrons. The van der Waals surface area contributed by atoms with Gasteiger partial charge in [0.1, 0.15) is 5.82 Å². The van der Waals surface area contributed by atoms with Crippen molar-refractivity contribution in [3.63, 3.8) is 0 Å². The van der Waals surface area contributed by atoms with Crippen LogP contribution in [0.2, 0.25) is 0 Å². The van der Waals surface area contributed by atoms with Crippen molar-refractivity contribution in [2.45, 2.75) is 4.87 Å². The minimum Gasteiger partial charge on any atom is -0.369 e. The molecule has 2 fully saturated rings. The van der Waals surface area contributed by atoms with Gasteiger partial charge >= 0.3 is 0 Å². The van der Waals surface area contributed by atoms with Crippen molar-refractivity contribution in [3.05, 3.63) is 90.2 Å². The highest BCUT2D eigenvalue weighted by atomic mass is 32.2. The fourth-order valence-electron chi connectivity index (χ4n) is 5.27. The number of nitrogens with zero attached hydrogens (tertiary/aromatic N) is 4. The summed E-state index contributed by atoms with van der Waals surface area (Å²) in [5, 5.41) is 0. The maximum Gasteiger partial charge on any atom is 0.269 e. The molecule has 0 unspecified atom stereocenters. The first kappa shape index (κ1) is 22.1. The van der Waals surface area contributed by atoms with Crippen LogP contribution < -0.4 is 14.7 Å². The average molecular weight is 489 g/mol. The van der Waals surface area contributed by atoms with Gasteiger partial charge in [0.05, 0.1) is 18.1 Å². The second kappa shape index (κ2) is 8.70. The molecule has 3 heterocycles. The predicted molar refractivity (Wildman–Crippen MR) is 137 cm³/mol. The molecule has 8 heteroatoms. The van der Waals surface area contributed by atoms with Gasteiger partial charge in [-0.3, -0.25) is 24.3 Å². The molecule has 0 saturated carbocycles. The zero-order chi connectivity index (χ0) is 24.0.